The van der Waals surface area contributed by atoms with Crippen LogP contribution in [0.25, 0.3) is 0 Å². The Kier molecular flexibility index (Phi) is 8.09. The number of Topliss-reactive ketones (excluding diaryl/α,β-unsaturated/α-hetero) is 1. The lowest BCUT2D eigenvalue weighted by Gasteiger charge is -2.20. The summed E-state index contributed by atoms with van der Waals surface area (Å²) in [5.41, 5.74) is 0. The van der Waals surface area contributed by atoms with Gasteiger partial charge < -0.3 is 14.9 Å². The van der Waals surface area contributed by atoms with E-state index in [4.69, 9.17) is 5.11 Å². The topological polar surface area (TPSA) is 101 Å². The molecule has 0 aromatic heterocycles. The van der Waals surface area contributed by atoms with E-state index in [0.29, 0.717) is 19.3 Å². The van der Waals surface area contributed by atoms with Gasteiger partial charge in [0.25, 0.3) is 0 Å². The second-order valence-corrected chi connectivity index (χ2v) is 5.97. The van der Waals surface area contributed by atoms with Gasteiger partial charge in [-0.25, -0.2) is 0 Å². The Morgan fingerprint density at radius 2 is 1.82 bits per heavy atom. The fourth-order valence-electron chi connectivity index (χ4n) is 3.16. The summed E-state index contributed by atoms with van der Waals surface area (Å²) < 4.78 is 4.56. The number of unbranched alkanes of at least 4 members (excludes halogenated alkanes) is 3. The third kappa shape index (κ3) is 6.13. The van der Waals surface area contributed by atoms with Crippen LogP contribution in [0.15, 0.2) is 0 Å². The number of hydrogen-bond acceptors (Lipinski definition) is 5. The van der Waals surface area contributed by atoms with Crippen molar-refractivity contribution in [2.45, 2.75) is 63.9 Å². The Bertz CT molecular complexity index is 392. The Hall–Kier alpha value is -1.43. The predicted octanol–water partition coefficient (Wildman–Crippen LogP) is 1.93. The van der Waals surface area contributed by atoms with Gasteiger partial charge in [-0.2, -0.15) is 0 Å². The van der Waals surface area contributed by atoms with E-state index < -0.39 is 12.1 Å². The molecule has 6 heteroatoms. The first kappa shape index (κ1) is 18.6. The quantitative estimate of drug-likeness (QED) is 0.472. The molecule has 1 aliphatic rings. The molecule has 22 heavy (non-hydrogen) atoms. The lowest BCUT2D eigenvalue weighted by atomic mass is 9.86. The molecule has 0 saturated heterocycles. The Labute approximate surface area is 130 Å². The minimum Gasteiger partial charge on any atom is -0.481 e. The van der Waals surface area contributed by atoms with Crippen LogP contribution in [0.1, 0.15) is 57.8 Å². The van der Waals surface area contributed by atoms with Crippen LogP contribution in [0.4, 0.5) is 0 Å². The van der Waals surface area contributed by atoms with Crippen LogP contribution in [0, 0.1) is 11.8 Å². The van der Waals surface area contributed by atoms with Crippen molar-refractivity contribution in [1.29, 1.82) is 0 Å². The van der Waals surface area contributed by atoms with Gasteiger partial charge in [0, 0.05) is 25.2 Å². The van der Waals surface area contributed by atoms with Crippen molar-refractivity contribution in [3.05, 3.63) is 0 Å². The van der Waals surface area contributed by atoms with E-state index in [0.717, 1.165) is 25.7 Å². The Morgan fingerprint density at radius 1 is 1.14 bits per heavy atom. The number of ketones is 1. The highest BCUT2D eigenvalue weighted by Crippen LogP contribution is 2.36. The molecular weight excluding hydrogens is 288 g/mol. The molecule has 1 rings (SSSR count). The molecule has 2 N–H and O–H groups in total. The van der Waals surface area contributed by atoms with E-state index in [1.54, 1.807) is 0 Å². The standard InChI is InChI=1S/C16H26O6/c1-22-16(21)7-5-3-2-4-6-11-12(8-9-15(19)20)14(18)10-13(11)17/h11-12,14,18H,2-10H2,1H3,(H,19,20)/t11?,12-,14-/m1/s1. The summed E-state index contributed by atoms with van der Waals surface area (Å²) in [4.78, 5) is 33.5. The zero-order valence-corrected chi connectivity index (χ0v) is 13.1. The van der Waals surface area contributed by atoms with Crippen LogP contribution in [-0.4, -0.2) is 41.1 Å². The highest BCUT2D eigenvalue weighted by molar-refractivity contribution is 5.84. The molecule has 1 unspecified atom stereocenters. The molecule has 1 aliphatic carbocycles. The summed E-state index contributed by atoms with van der Waals surface area (Å²) in [5, 5.41) is 18.7. The average Bonchev–Trinajstić information content (AvgIpc) is 2.73. The van der Waals surface area contributed by atoms with Crippen molar-refractivity contribution in [2.75, 3.05) is 7.11 Å². The van der Waals surface area contributed by atoms with Gasteiger partial charge >= 0.3 is 11.9 Å². The summed E-state index contributed by atoms with van der Waals surface area (Å²) in [7, 11) is 1.37. The van der Waals surface area contributed by atoms with Crippen LogP contribution in [0.5, 0.6) is 0 Å². The molecule has 3 atom stereocenters. The van der Waals surface area contributed by atoms with Crippen LogP contribution in [0.3, 0.4) is 0 Å². The molecule has 0 heterocycles. The number of carbonyl (C=O) groups is 3. The number of aliphatic hydroxyl groups excluding tert-OH is 1. The fraction of sp³-hybridized carbons (Fsp3) is 0.812. The maximum Gasteiger partial charge on any atom is 0.305 e. The van der Waals surface area contributed by atoms with Crippen LogP contribution < -0.4 is 0 Å². The molecule has 0 bridgehead atoms. The number of ether oxygens (including phenoxy) is 1. The molecule has 0 aliphatic heterocycles. The van der Waals surface area contributed by atoms with E-state index in [9.17, 15) is 19.5 Å². The molecular formula is C16H26O6. The second-order valence-electron chi connectivity index (χ2n) is 5.97. The minimum absolute atomic E-state index is 0.00929. The van der Waals surface area contributed by atoms with Crippen molar-refractivity contribution in [3.63, 3.8) is 0 Å². The highest BCUT2D eigenvalue weighted by Gasteiger charge is 2.40. The average molecular weight is 314 g/mol. The minimum atomic E-state index is -0.895. The van der Waals surface area contributed by atoms with Gasteiger partial charge in [-0.15, -0.1) is 0 Å². The third-order valence-corrected chi connectivity index (χ3v) is 4.40. The molecule has 126 valence electrons. The number of aliphatic carboxylic acids is 1. The molecule has 0 aromatic carbocycles. The first-order chi connectivity index (χ1) is 10.5. The van der Waals surface area contributed by atoms with E-state index in [1.165, 1.54) is 7.11 Å². The fourth-order valence-corrected chi connectivity index (χ4v) is 3.16. The predicted molar refractivity (Wildman–Crippen MR) is 79.2 cm³/mol. The lowest BCUT2D eigenvalue weighted by Crippen LogP contribution is -2.21. The maximum absolute atomic E-state index is 11.9. The summed E-state index contributed by atoms with van der Waals surface area (Å²) >= 11 is 0. The van der Waals surface area contributed by atoms with Crippen molar-refractivity contribution in [1.82, 2.24) is 0 Å². The van der Waals surface area contributed by atoms with E-state index >= 15 is 0 Å². The van der Waals surface area contributed by atoms with Crippen molar-refractivity contribution in [3.8, 4) is 0 Å². The molecule has 1 saturated carbocycles. The van der Waals surface area contributed by atoms with Crippen molar-refractivity contribution in [2.24, 2.45) is 11.8 Å². The zero-order chi connectivity index (χ0) is 16.5. The monoisotopic (exact) mass is 314 g/mol. The van der Waals surface area contributed by atoms with Gasteiger partial charge in [-0.05, 0) is 25.2 Å². The second kappa shape index (κ2) is 9.56. The normalized spacial score (nSPS) is 24.5. The van der Waals surface area contributed by atoms with Crippen molar-refractivity contribution < 1.29 is 29.3 Å². The van der Waals surface area contributed by atoms with Gasteiger partial charge in [0.2, 0.25) is 0 Å². The number of methoxy groups -OCH3 is 1. The largest absolute Gasteiger partial charge is 0.481 e. The summed E-state index contributed by atoms with van der Waals surface area (Å²) in [6.45, 7) is 0. The molecule has 0 amide bonds. The molecule has 0 spiro atoms. The molecule has 0 aromatic rings. The Balaban J connectivity index is 2.27. The first-order valence-electron chi connectivity index (χ1n) is 7.95. The number of carboxylic acid groups (broad SMARTS) is 1. The number of carbonyl (C=O) groups excluding carboxylic acids is 2. The molecule has 1 fully saturated rings. The van der Waals surface area contributed by atoms with Gasteiger partial charge in [0.15, 0.2) is 0 Å². The highest BCUT2D eigenvalue weighted by atomic mass is 16.5. The van der Waals surface area contributed by atoms with Gasteiger partial charge in [-0.3, -0.25) is 14.4 Å². The van der Waals surface area contributed by atoms with Crippen LogP contribution >= 0.6 is 0 Å². The number of hydrogen-bond donors (Lipinski definition) is 2. The van der Waals surface area contributed by atoms with E-state index in [-0.39, 0.29) is 36.4 Å². The maximum atomic E-state index is 11.9. The van der Waals surface area contributed by atoms with Gasteiger partial charge in [0.05, 0.1) is 13.2 Å². The van der Waals surface area contributed by atoms with Crippen LogP contribution in [-0.2, 0) is 19.1 Å². The van der Waals surface area contributed by atoms with Gasteiger partial charge in [-0.1, -0.05) is 19.3 Å². The number of aliphatic hydroxyl groups is 1. The summed E-state index contributed by atoms with van der Waals surface area (Å²) in [6.07, 6.45) is 4.36. The lowest BCUT2D eigenvalue weighted by molar-refractivity contribution is -0.141. The summed E-state index contributed by atoms with van der Waals surface area (Å²) in [5.74, 6) is -1.48. The number of esters is 1. The number of rotatable bonds is 10. The third-order valence-electron chi connectivity index (χ3n) is 4.40. The first-order valence-corrected chi connectivity index (χ1v) is 7.95. The molecule has 0 radical (unpaired) electrons. The van der Waals surface area contributed by atoms with E-state index in [2.05, 4.69) is 4.74 Å². The van der Waals surface area contributed by atoms with Crippen molar-refractivity contribution >= 4 is 17.7 Å². The van der Waals surface area contributed by atoms with E-state index in [1.807, 2.05) is 0 Å². The number of carboxylic acids is 1. The SMILES string of the molecule is COC(=O)CCCCCCC1C(=O)C[C@@H](O)[C@@H]1CCC(=O)O. The zero-order valence-electron chi connectivity index (χ0n) is 13.1. The van der Waals surface area contributed by atoms with Crippen LogP contribution in [0.2, 0.25) is 0 Å². The smallest absolute Gasteiger partial charge is 0.305 e. The summed E-state index contributed by atoms with van der Waals surface area (Å²) in [6, 6.07) is 0. The van der Waals surface area contributed by atoms with Gasteiger partial charge in [0.1, 0.15) is 5.78 Å². The Morgan fingerprint density at radius 3 is 2.45 bits per heavy atom. The molecule has 6 nitrogen and oxygen atoms in total.